The van der Waals surface area contributed by atoms with Crippen LogP contribution in [0.1, 0.15) is 17.8 Å². The molecule has 0 aliphatic rings. The van der Waals surface area contributed by atoms with Crippen LogP contribution in [0, 0.1) is 0 Å². The Kier molecular flexibility index (Phi) is 3.82. The quantitative estimate of drug-likeness (QED) is 0.843. The summed E-state index contributed by atoms with van der Waals surface area (Å²) in [5.74, 6) is 0.555. The first kappa shape index (κ1) is 12.4. The molecule has 2 heterocycles. The van der Waals surface area contributed by atoms with Gasteiger partial charge in [-0.1, -0.05) is 18.3 Å². The van der Waals surface area contributed by atoms with Gasteiger partial charge in [-0.15, -0.1) is 10.2 Å². The van der Waals surface area contributed by atoms with E-state index in [2.05, 4.69) is 30.9 Å². The summed E-state index contributed by atoms with van der Waals surface area (Å²) in [6.45, 7) is 2.25. The molecule has 0 unspecified atom stereocenters. The molecular formula is C9H13N7OS. The summed E-state index contributed by atoms with van der Waals surface area (Å²) in [5, 5.41) is 18.4. The number of aryl methyl sites for hydroxylation is 2. The number of hydrogen-bond acceptors (Lipinski definition) is 6. The molecule has 0 saturated carbocycles. The van der Waals surface area contributed by atoms with Crippen molar-refractivity contribution in [3.63, 3.8) is 0 Å². The number of carbonyl (C=O) groups excluding carboxylic acids is 1. The van der Waals surface area contributed by atoms with Crippen LogP contribution in [0.4, 0.5) is 9.93 Å². The zero-order valence-electron chi connectivity index (χ0n) is 10.0. The molecular weight excluding hydrogens is 254 g/mol. The maximum atomic E-state index is 11.5. The van der Waals surface area contributed by atoms with Crippen LogP contribution in [-0.4, -0.2) is 31.0 Å². The van der Waals surface area contributed by atoms with Crippen molar-refractivity contribution in [3.05, 3.63) is 17.2 Å². The van der Waals surface area contributed by atoms with Crippen molar-refractivity contribution in [2.75, 3.05) is 5.32 Å². The fourth-order valence-electron chi connectivity index (χ4n) is 1.21. The van der Waals surface area contributed by atoms with Gasteiger partial charge in [0.15, 0.2) is 5.82 Å². The van der Waals surface area contributed by atoms with E-state index in [9.17, 15) is 4.79 Å². The molecule has 2 rings (SSSR count). The highest BCUT2D eigenvalue weighted by Crippen LogP contribution is 2.14. The lowest BCUT2D eigenvalue weighted by molar-refractivity contribution is 0.251. The molecule has 0 aromatic carbocycles. The van der Waals surface area contributed by atoms with E-state index in [1.165, 1.54) is 11.3 Å². The second kappa shape index (κ2) is 5.54. The first-order chi connectivity index (χ1) is 8.67. The lowest BCUT2D eigenvalue weighted by Gasteiger charge is -2.01. The first-order valence-electron chi connectivity index (χ1n) is 5.39. The largest absolute Gasteiger partial charge is 0.330 e. The fourth-order valence-corrected chi connectivity index (χ4v) is 1.89. The number of anilines is 1. The van der Waals surface area contributed by atoms with E-state index in [4.69, 9.17) is 0 Å². The van der Waals surface area contributed by atoms with E-state index < -0.39 is 0 Å². The third-order valence-electron chi connectivity index (χ3n) is 2.04. The smallest absolute Gasteiger partial charge is 0.321 e. The molecule has 2 N–H and O–H groups in total. The predicted octanol–water partition coefficient (Wildman–Crippen LogP) is 0.551. The molecule has 2 aromatic rings. The van der Waals surface area contributed by atoms with Crippen LogP contribution in [-0.2, 0) is 20.0 Å². The van der Waals surface area contributed by atoms with Crippen LogP contribution >= 0.6 is 11.3 Å². The molecule has 0 aliphatic carbocycles. The van der Waals surface area contributed by atoms with E-state index >= 15 is 0 Å². The highest BCUT2D eigenvalue weighted by Gasteiger charge is 2.07. The summed E-state index contributed by atoms with van der Waals surface area (Å²) in [5.41, 5.74) is 0. The maximum Gasteiger partial charge on any atom is 0.321 e. The number of urea groups is 1. The van der Waals surface area contributed by atoms with E-state index in [0.29, 0.717) is 11.0 Å². The maximum absolute atomic E-state index is 11.5. The van der Waals surface area contributed by atoms with Gasteiger partial charge in [0, 0.05) is 7.05 Å². The number of carbonyl (C=O) groups is 1. The molecule has 2 aromatic heterocycles. The third-order valence-corrected chi connectivity index (χ3v) is 3.03. The van der Waals surface area contributed by atoms with Crippen LogP contribution in [0.3, 0.4) is 0 Å². The average molecular weight is 267 g/mol. The Morgan fingerprint density at radius 2 is 2.33 bits per heavy atom. The normalized spacial score (nSPS) is 10.3. The van der Waals surface area contributed by atoms with Gasteiger partial charge in [-0.25, -0.2) is 9.78 Å². The minimum absolute atomic E-state index is 0.270. The van der Waals surface area contributed by atoms with Crippen molar-refractivity contribution in [2.45, 2.75) is 19.9 Å². The Morgan fingerprint density at radius 1 is 1.50 bits per heavy atom. The summed E-state index contributed by atoms with van der Waals surface area (Å²) in [6, 6.07) is -0.346. The van der Waals surface area contributed by atoms with Crippen molar-refractivity contribution in [1.82, 2.24) is 30.3 Å². The highest BCUT2D eigenvalue weighted by atomic mass is 32.1. The third kappa shape index (κ3) is 3.23. The summed E-state index contributed by atoms with van der Waals surface area (Å²) in [7, 11) is 1.77. The van der Waals surface area contributed by atoms with Crippen molar-refractivity contribution in [2.24, 2.45) is 7.05 Å². The number of nitrogens with zero attached hydrogens (tertiary/aromatic N) is 5. The van der Waals surface area contributed by atoms with Gasteiger partial charge in [0.2, 0.25) is 5.13 Å². The van der Waals surface area contributed by atoms with Gasteiger partial charge >= 0.3 is 6.03 Å². The first-order valence-corrected chi connectivity index (χ1v) is 6.20. The molecule has 9 heteroatoms. The monoisotopic (exact) mass is 267 g/mol. The Hall–Kier alpha value is -2.03. The standard InChI is InChI=1S/C9H13N7OS/c1-3-7-13-14-9(18-7)12-8(17)10-4-6-11-5-16(2)15-6/h5H,3-4H2,1-2H3,(H2,10,12,14,17). The molecule has 0 radical (unpaired) electrons. The van der Waals surface area contributed by atoms with Crippen molar-refractivity contribution in [1.29, 1.82) is 0 Å². The van der Waals surface area contributed by atoms with E-state index in [1.54, 1.807) is 18.1 Å². The molecule has 0 atom stereocenters. The van der Waals surface area contributed by atoms with Gasteiger partial charge in [0.05, 0.1) is 6.54 Å². The lowest BCUT2D eigenvalue weighted by atomic mass is 10.5. The van der Waals surface area contributed by atoms with Crippen LogP contribution in [0.5, 0.6) is 0 Å². The SMILES string of the molecule is CCc1nnc(NC(=O)NCc2ncn(C)n2)s1. The fraction of sp³-hybridized carbons (Fsp3) is 0.444. The molecule has 96 valence electrons. The Bertz CT molecular complexity index is 535. The van der Waals surface area contributed by atoms with Crippen LogP contribution < -0.4 is 10.6 Å². The van der Waals surface area contributed by atoms with E-state index in [1.807, 2.05) is 6.92 Å². The molecule has 0 fully saturated rings. The number of amides is 2. The van der Waals surface area contributed by atoms with Crippen LogP contribution in [0.15, 0.2) is 6.33 Å². The van der Waals surface area contributed by atoms with Gasteiger partial charge in [0.1, 0.15) is 11.3 Å². The van der Waals surface area contributed by atoms with Gasteiger partial charge in [-0.05, 0) is 6.42 Å². The highest BCUT2D eigenvalue weighted by molar-refractivity contribution is 7.15. The topological polar surface area (TPSA) is 97.6 Å². The average Bonchev–Trinajstić information content (AvgIpc) is 2.95. The molecule has 0 bridgehead atoms. The number of hydrogen-bond donors (Lipinski definition) is 2. The zero-order chi connectivity index (χ0) is 13.0. The van der Waals surface area contributed by atoms with Gasteiger partial charge in [-0.3, -0.25) is 10.00 Å². The summed E-state index contributed by atoms with van der Waals surface area (Å²) in [4.78, 5) is 15.5. The molecule has 18 heavy (non-hydrogen) atoms. The minimum Gasteiger partial charge on any atom is -0.330 e. The lowest BCUT2D eigenvalue weighted by Crippen LogP contribution is -2.28. The van der Waals surface area contributed by atoms with Crippen LogP contribution in [0.2, 0.25) is 0 Å². The summed E-state index contributed by atoms with van der Waals surface area (Å²) < 4.78 is 1.58. The molecule has 0 aliphatic heterocycles. The summed E-state index contributed by atoms with van der Waals surface area (Å²) >= 11 is 1.36. The molecule has 8 nitrogen and oxygen atoms in total. The van der Waals surface area contributed by atoms with E-state index in [-0.39, 0.29) is 12.6 Å². The van der Waals surface area contributed by atoms with Gasteiger partial charge < -0.3 is 5.32 Å². The zero-order valence-corrected chi connectivity index (χ0v) is 10.9. The van der Waals surface area contributed by atoms with E-state index in [0.717, 1.165) is 11.4 Å². The second-order valence-corrected chi connectivity index (χ2v) is 4.56. The molecule has 2 amide bonds. The number of aromatic nitrogens is 5. The van der Waals surface area contributed by atoms with Crippen molar-refractivity contribution < 1.29 is 4.79 Å². The number of rotatable bonds is 4. The Labute approximate surface area is 107 Å². The minimum atomic E-state index is -0.346. The Morgan fingerprint density at radius 3 is 2.94 bits per heavy atom. The molecule has 0 spiro atoms. The van der Waals surface area contributed by atoms with Crippen LogP contribution in [0.25, 0.3) is 0 Å². The van der Waals surface area contributed by atoms with Gasteiger partial charge in [-0.2, -0.15) is 5.10 Å². The van der Waals surface area contributed by atoms with Crippen molar-refractivity contribution in [3.8, 4) is 0 Å². The number of nitrogens with one attached hydrogen (secondary N) is 2. The second-order valence-electron chi connectivity index (χ2n) is 3.50. The van der Waals surface area contributed by atoms with Gasteiger partial charge in [0.25, 0.3) is 0 Å². The molecule has 0 saturated heterocycles. The summed E-state index contributed by atoms with van der Waals surface area (Å²) in [6.07, 6.45) is 2.38. The Balaban J connectivity index is 1.81. The van der Waals surface area contributed by atoms with Crippen molar-refractivity contribution >= 4 is 22.5 Å². The predicted molar refractivity (Wildman–Crippen MR) is 66.1 cm³/mol.